The van der Waals surface area contributed by atoms with Crippen LogP contribution in [0.15, 0.2) is 17.0 Å². The minimum atomic E-state index is -0.110. The first-order valence-corrected chi connectivity index (χ1v) is 6.80. The van der Waals surface area contributed by atoms with E-state index >= 15 is 0 Å². The van der Waals surface area contributed by atoms with Gasteiger partial charge in [-0.1, -0.05) is 0 Å². The molecule has 2 heterocycles. The molecule has 0 aliphatic rings. The van der Waals surface area contributed by atoms with Crippen molar-refractivity contribution in [1.29, 1.82) is 0 Å². The van der Waals surface area contributed by atoms with E-state index in [0.29, 0.717) is 5.13 Å². The van der Waals surface area contributed by atoms with Gasteiger partial charge in [0.2, 0.25) is 5.91 Å². The molecule has 2 rings (SSSR count). The minimum absolute atomic E-state index is 0.0872. The number of thiazole rings is 2. The van der Waals surface area contributed by atoms with E-state index in [1.54, 1.807) is 6.20 Å². The van der Waals surface area contributed by atoms with Crippen molar-refractivity contribution in [3.63, 3.8) is 0 Å². The third-order valence-electron chi connectivity index (χ3n) is 1.98. The van der Waals surface area contributed by atoms with Gasteiger partial charge < -0.3 is 11.1 Å². The number of rotatable bonds is 4. The summed E-state index contributed by atoms with van der Waals surface area (Å²) in [6, 6.07) is -0.0872. The summed E-state index contributed by atoms with van der Waals surface area (Å²) in [7, 11) is 0. The van der Waals surface area contributed by atoms with Gasteiger partial charge in [0.15, 0.2) is 5.13 Å². The van der Waals surface area contributed by atoms with Gasteiger partial charge in [-0.3, -0.25) is 4.79 Å². The molecule has 3 N–H and O–H groups in total. The standard InChI is InChI=1S/C10H12N4OS2/c1-6(11)9-13-7(5-17-9)4-8(15)14-10-12-2-3-16-10/h2-3,5-6H,4,11H2,1H3,(H,12,14,15). The van der Waals surface area contributed by atoms with Crippen LogP contribution in [0.1, 0.15) is 23.7 Å². The molecular weight excluding hydrogens is 256 g/mol. The number of hydrogen-bond acceptors (Lipinski definition) is 6. The third kappa shape index (κ3) is 3.32. The van der Waals surface area contributed by atoms with Gasteiger partial charge in [-0.15, -0.1) is 22.7 Å². The molecule has 0 aliphatic carbocycles. The van der Waals surface area contributed by atoms with E-state index in [-0.39, 0.29) is 18.4 Å². The van der Waals surface area contributed by atoms with E-state index in [1.165, 1.54) is 22.7 Å². The van der Waals surface area contributed by atoms with Crippen molar-refractivity contribution in [3.8, 4) is 0 Å². The highest BCUT2D eigenvalue weighted by atomic mass is 32.1. The van der Waals surface area contributed by atoms with E-state index in [9.17, 15) is 4.79 Å². The van der Waals surface area contributed by atoms with Gasteiger partial charge in [0, 0.05) is 17.0 Å². The molecule has 1 atom stereocenters. The van der Waals surface area contributed by atoms with Gasteiger partial charge in [-0.05, 0) is 6.92 Å². The minimum Gasteiger partial charge on any atom is -0.322 e. The van der Waals surface area contributed by atoms with Crippen LogP contribution in [0.25, 0.3) is 0 Å². The molecule has 0 saturated heterocycles. The topological polar surface area (TPSA) is 80.9 Å². The zero-order valence-corrected chi connectivity index (χ0v) is 10.8. The molecular formula is C10H12N4OS2. The highest BCUT2D eigenvalue weighted by Crippen LogP contribution is 2.17. The second-order valence-electron chi connectivity index (χ2n) is 3.53. The Morgan fingerprint density at radius 3 is 3.00 bits per heavy atom. The first-order valence-electron chi connectivity index (χ1n) is 5.04. The predicted molar refractivity (Wildman–Crippen MR) is 69.2 cm³/mol. The fraction of sp³-hybridized carbons (Fsp3) is 0.300. The number of aromatic nitrogens is 2. The lowest BCUT2D eigenvalue weighted by Gasteiger charge is -1.99. The molecule has 7 heteroatoms. The molecule has 0 fully saturated rings. The summed E-state index contributed by atoms with van der Waals surface area (Å²) in [5.74, 6) is -0.110. The summed E-state index contributed by atoms with van der Waals surface area (Å²) in [5, 5.41) is 7.84. The van der Waals surface area contributed by atoms with E-state index in [4.69, 9.17) is 5.73 Å². The van der Waals surface area contributed by atoms with Crippen LogP contribution >= 0.6 is 22.7 Å². The molecule has 17 heavy (non-hydrogen) atoms. The van der Waals surface area contributed by atoms with Gasteiger partial charge in [-0.2, -0.15) is 0 Å². The maximum Gasteiger partial charge on any atom is 0.232 e. The Kier molecular flexibility index (Phi) is 3.82. The Labute approximate surface area is 107 Å². The normalized spacial score (nSPS) is 12.4. The van der Waals surface area contributed by atoms with Crippen LogP contribution in [0.4, 0.5) is 5.13 Å². The Balaban J connectivity index is 1.93. The van der Waals surface area contributed by atoms with Crippen molar-refractivity contribution >= 4 is 33.7 Å². The molecule has 5 nitrogen and oxygen atoms in total. The molecule has 90 valence electrons. The zero-order chi connectivity index (χ0) is 12.3. The van der Waals surface area contributed by atoms with Crippen molar-refractivity contribution < 1.29 is 4.79 Å². The Morgan fingerprint density at radius 1 is 1.59 bits per heavy atom. The van der Waals surface area contributed by atoms with Crippen LogP contribution in [-0.4, -0.2) is 15.9 Å². The predicted octanol–water partition coefficient (Wildman–Crippen LogP) is 1.80. The van der Waals surface area contributed by atoms with Crippen molar-refractivity contribution in [2.45, 2.75) is 19.4 Å². The van der Waals surface area contributed by atoms with Crippen molar-refractivity contribution in [1.82, 2.24) is 9.97 Å². The molecule has 1 unspecified atom stereocenters. The molecule has 0 spiro atoms. The summed E-state index contributed by atoms with van der Waals surface area (Å²) in [4.78, 5) is 19.9. The summed E-state index contributed by atoms with van der Waals surface area (Å²) in [5.41, 5.74) is 6.45. The van der Waals surface area contributed by atoms with Gasteiger partial charge in [0.05, 0.1) is 18.2 Å². The van der Waals surface area contributed by atoms with Gasteiger partial charge in [0.1, 0.15) is 5.01 Å². The lowest BCUT2D eigenvalue weighted by atomic mass is 10.3. The van der Waals surface area contributed by atoms with Crippen molar-refractivity contribution in [2.24, 2.45) is 5.73 Å². The fourth-order valence-corrected chi connectivity index (χ4v) is 2.55. The number of anilines is 1. The number of nitrogens with two attached hydrogens (primary N) is 1. The SMILES string of the molecule is CC(N)c1nc(CC(=O)Nc2nccs2)cs1. The lowest BCUT2D eigenvalue weighted by Crippen LogP contribution is -2.14. The van der Waals surface area contributed by atoms with E-state index in [1.807, 2.05) is 17.7 Å². The maximum absolute atomic E-state index is 11.6. The second-order valence-corrected chi connectivity index (χ2v) is 5.31. The number of carbonyl (C=O) groups excluding carboxylic acids is 1. The Morgan fingerprint density at radius 2 is 2.41 bits per heavy atom. The molecule has 0 aliphatic heterocycles. The molecule has 0 aromatic carbocycles. The molecule has 1 amide bonds. The highest BCUT2D eigenvalue weighted by molar-refractivity contribution is 7.13. The number of nitrogens with one attached hydrogen (secondary N) is 1. The quantitative estimate of drug-likeness (QED) is 0.886. The largest absolute Gasteiger partial charge is 0.322 e. The van der Waals surface area contributed by atoms with Crippen LogP contribution < -0.4 is 11.1 Å². The summed E-state index contributed by atoms with van der Waals surface area (Å²) in [6.45, 7) is 1.87. The smallest absolute Gasteiger partial charge is 0.232 e. The maximum atomic E-state index is 11.6. The zero-order valence-electron chi connectivity index (χ0n) is 9.21. The molecule has 0 saturated carbocycles. The Hall–Kier alpha value is -1.31. The van der Waals surface area contributed by atoms with E-state index < -0.39 is 0 Å². The first-order chi connectivity index (χ1) is 8.15. The number of amides is 1. The van der Waals surface area contributed by atoms with Gasteiger partial charge >= 0.3 is 0 Å². The van der Waals surface area contributed by atoms with Crippen LogP contribution in [0.5, 0.6) is 0 Å². The summed E-state index contributed by atoms with van der Waals surface area (Å²) < 4.78 is 0. The second kappa shape index (κ2) is 5.35. The fourth-order valence-electron chi connectivity index (χ4n) is 1.23. The monoisotopic (exact) mass is 268 g/mol. The van der Waals surface area contributed by atoms with Crippen LogP contribution in [0.3, 0.4) is 0 Å². The van der Waals surface area contributed by atoms with Crippen LogP contribution in [0.2, 0.25) is 0 Å². The van der Waals surface area contributed by atoms with Crippen molar-refractivity contribution in [2.75, 3.05) is 5.32 Å². The average Bonchev–Trinajstić information content (AvgIpc) is 2.88. The number of hydrogen-bond donors (Lipinski definition) is 2. The highest BCUT2D eigenvalue weighted by Gasteiger charge is 2.10. The van der Waals surface area contributed by atoms with Crippen LogP contribution in [-0.2, 0) is 11.2 Å². The molecule has 2 aromatic heterocycles. The van der Waals surface area contributed by atoms with Gasteiger partial charge in [0.25, 0.3) is 0 Å². The summed E-state index contributed by atoms with van der Waals surface area (Å²) in [6.07, 6.45) is 1.90. The average molecular weight is 268 g/mol. The van der Waals surface area contributed by atoms with Gasteiger partial charge in [-0.25, -0.2) is 9.97 Å². The van der Waals surface area contributed by atoms with Crippen molar-refractivity contribution in [3.05, 3.63) is 27.7 Å². The summed E-state index contributed by atoms with van der Waals surface area (Å²) >= 11 is 2.87. The van der Waals surface area contributed by atoms with Crippen LogP contribution in [0, 0.1) is 0 Å². The number of carbonyl (C=O) groups is 1. The van der Waals surface area contributed by atoms with E-state index in [2.05, 4.69) is 15.3 Å². The molecule has 2 aromatic rings. The molecule has 0 radical (unpaired) electrons. The number of nitrogens with zero attached hydrogens (tertiary/aromatic N) is 2. The first kappa shape index (κ1) is 12.2. The lowest BCUT2D eigenvalue weighted by molar-refractivity contribution is -0.115. The van der Waals surface area contributed by atoms with E-state index in [0.717, 1.165) is 10.7 Å². The Bertz CT molecular complexity index is 492. The molecule has 0 bridgehead atoms. The third-order valence-corrected chi connectivity index (χ3v) is 3.76.